The Labute approximate surface area is 114 Å². The predicted molar refractivity (Wildman–Crippen MR) is 69.3 cm³/mol. The lowest BCUT2D eigenvalue weighted by Crippen LogP contribution is -2.17. The number of ether oxygens (including phenoxy) is 2. The van der Waals surface area contributed by atoms with Crippen molar-refractivity contribution in [2.45, 2.75) is 13.3 Å². The second-order valence-corrected chi connectivity index (χ2v) is 4.30. The Hall–Kier alpha value is -2.17. The van der Waals surface area contributed by atoms with Crippen molar-refractivity contribution in [3.63, 3.8) is 0 Å². The first kappa shape index (κ1) is 14.2. The molecular formula is C15H13F3O2. The molecule has 0 aliphatic heterocycles. The highest BCUT2D eigenvalue weighted by molar-refractivity contribution is 5.36. The van der Waals surface area contributed by atoms with Crippen molar-refractivity contribution in [1.82, 2.24) is 0 Å². The van der Waals surface area contributed by atoms with E-state index >= 15 is 0 Å². The molecule has 1 unspecified atom stereocenters. The van der Waals surface area contributed by atoms with Crippen LogP contribution in [-0.4, -0.2) is 6.36 Å². The second kappa shape index (κ2) is 5.86. The molecule has 0 N–H and O–H groups in total. The third kappa shape index (κ3) is 4.50. The summed E-state index contributed by atoms with van der Waals surface area (Å²) in [7, 11) is 0. The van der Waals surface area contributed by atoms with E-state index in [2.05, 4.69) is 4.74 Å². The number of hydrogen-bond acceptors (Lipinski definition) is 2. The van der Waals surface area contributed by atoms with Crippen LogP contribution < -0.4 is 9.47 Å². The summed E-state index contributed by atoms with van der Waals surface area (Å²) < 4.78 is 45.8. The first-order valence-electron chi connectivity index (χ1n) is 6.03. The maximum atomic E-state index is 12.1. The van der Waals surface area contributed by atoms with Crippen LogP contribution in [0.15, 0.2) is 60.4 Å². The van der Waals surface area contributed by atoms with E-state index in [9.17, 15) is 13.2 Å². The molecule has 0 fully saturated rings. The van der Waals surface area contributed by atoms with E-state index in [1.54, 1.807) is 18.2 Å². The molecule has 1 aromatic carbocycles. The van der Waals surface area contributed by atoms with Gasteiger partial charge in [-0.2, -0.15) is 0 Å². The number of alkyl halides is 3. The number of benzene rings is 1. The fourth-order valence-corrected chi connectivity index (χ4v) is 1.63. The van der Waals surface area contributed by atoms with Gasteiger partial charge in [-0.3, -0.25) is 0 Å². The third-order valence-corrected chi connectivity index (χ3v) is 2.51. The van der Waals surface area contributed by atoms with E-state index in [1.807, 2.05) is 25.2 Å². The van der Waals surface area contributed by atoms with Gasteiger partial charge in [-0.25, -0.2) is 0 Å². The largest absolute Gasteiger partial charge is 0.573 e. The van der Waals surface area contributed by atoms with Crippen LogP contribution in [-0.2, 0) is 0 Å². The quantitative estimate of drug-likeness (QED) is 0.806. The molecule has 0 saturated carbocycles. The normalized spacial score (nSPS) is 18.4. The summed E-state index contributed by atoms with van der Waals surface area (Å²) in [5.41, 5.74) is 0. The molecular weight excluding hydrogens is 269 g/mol. The number of rotatable bonds is 3. The molecule has 0 saturated heterocycles. The van der Waals surface area contributed by atoms with Crippen molar-refractivity contribution in [3.8, 4) is 11.5 Å². The van der Waals surface area contributed by atoms with Crippen LogP contribution >= 0.6 is 0 Å². The summed E-state index contributed by atoms with van der Waals surface area (Å²) in [5.74, 6) is 0.810. The van der Waals surface area contributed by atoms with Crippen LogP contribution in [0.1, 0.15) is 6.92 Å². The van der Waals surface area contributed by atoms with E-state index in [0.29, 0.717) is 5.76 Å². The zero-order valence-corrected chi connectivity index (χ0v) is 10.7. The van der Waals surface area contributed by atoms with Crippen molar-refractivity contribution < 1.29 is 22.6 Å². The number of allylic oxidation sites excluding steroid dienone is 5. The average molecular weight is 282 g/mol. The minimum Gasteiger partial charge on any atom is -0.457 e. The van der Waals surface area contributed by atoms with Crippen LogP contribution in [0, 0.1) is 5.92 Å². The van der Waals surface area contributed by atoms with Crippen LogP contribution in [0.3, 0.4) is 0 Å². The monoisotopic (exact) mass is 282 g/mol. The lowest BCUT2D eigenvalue weighted by molar-refractivity contribution is -0.274. The molecule has 0 radical (unpaired) electrons. The smallest absolute Gasteiger partial charge is 0.457 e. The molecule has 20 heavy (non-hydrogen) atoms. The van der Waals surface area contributed by atoms with E-state index in [-0.39, 0.29) is 17.4 Å². The van der Waals surface area contributed by atoms with Gasteiger partial charge in [0.25, 0.3) is 0 Å². The van der Waals surface area contributed by atoms with Gasteiger partial charge in [0, 0.05) is 6.07 Å². The maximum Gasteiger partial charge on any atom is 0.573 e. The molecule has 1 atom stereocenters. The van der Waals surface area contributed by atoms with E-state index < -0.39 is 6.36 Å². The van der Waals surface area contributed by atoms with Gasteiger partial charge in [-0.1, -0.05) is 31.2 Å². The number of halogens is 3. The van der Waals surface area contributed by atoms with Crippen molar-refractivity contribution >= 4 is 0 Å². The zero-order chi connectivity index (χ0) is 14.6. The molecule has 2 nitrogen and oxygen atoms in total. The highest BCUT2D eigenvalue weighted by atomic mass is 19.4. The van der Waals surface area contributed by atoms with Gasteiger partial charge in [0.15, 0.2) is 0 Å². The molecule has 1 aliphatic rings. The summed E-state index contributed by atoms with van der Waals surface area (Å²) in [4.78, 5) is 0. The Bertz CT molecular complexity index is 556. The van der Waals surface area contributed by atoms with E-state index in [0.717, 1.165) is 0 Å². The minimum absolute atomic E-state index is 0.283. The molecule has 5 heteroatoms. The van der Waals surface area contributed by atoms with Gasteiger partial charge >= 0.3 is 6.36 Å². The Morgan fingerprint density at radius 2 is 1.85 bits per heavy atom. The van der Waals surface area contributed by atoms with Crippen molar-refractivity contribution in [2.24, 2.45) is 5.92 Å². The Morgan fingerprint density at radius 1 is 1.10 bits per heavy atom. The first-order chi connectivity index (χ1) is 9.42. The summed E-state index contributed by atoms with van der Waals surface area (Å²) >= 11 is 0. The Morgan fingerprint density at radius 3 is 2.60 bits per heavy atom. The highest BCUT2D eigenvalue weighted by Crippen LogP contribution is 2.27. The molecule has 1 aromatic rings. The van der Waals surface area contributed by atoms with Crippen LogP contribution in [0.5, 0.6) is 11.5 Å². The summed E-state index contributed by atoms with van der Waals surface area (Å²) in [6.45, 7) is 2.02. The third-order valence-electron chi connectivity index (χ3n) is 2.51. The lowest BCUT2D eigenvalue weighted by Gasteiger charge is -2.11. The molecule has 1 aliphatic carbocycles. The summed E-state index contributed by atoms with van der Waals surface area (Å²) in [6, 6.07) is 5.42. The fourth-order valence-electron chi connectivity index (χ4n) is 1.63. The minimum atomic E-state index is -4.71. The highest BCUT2D eigenvalue weighted by Gasteiger charge is 2.31. The molecule has 0 spiro atoms. The van der Waals surface area contributed by atoms with Gasteiger partial charge < -0.3 is 9.47 Å². The molecule has 0 heterocycles. The van der Waals surface area contributed by atoms with Gasteiger partial charge in [0.05, 0.1) is 0 Å². The van der Waals surface area contributed by atoms with Crippen molar-refractivity contribution in [3.05, 3.63) is 60.4 Å². The molecule has 106 valence electrons. The molecule has 0 bridgehead atoms. The van der Waals surface area contributed by atoms with Crippen LogP contribution in [0.2, 0.25) is 0 Å². The summed E-state index contributed by atoms with van der Waals surface area (Å²) in [6.07, 6.45) is 4.58. The van der Waals surface area contributed by atoms with Crippen LogP contribution in [0.4, 0.5) is 13.2 Å². The topological polar surface area (TPSA) is 18.5 Å². The number of hydrogen-bond donors (Lipinski definition) is 0. The van der Waals surface area contributed by atoms with Crippen LogP contribution in [0.25, 0.3) is 0 Å². The van der Waals surface area contributed by atoms with Gasteiger partial charge in [0.2, 0.25) is 0 Å². The Balaban J connectivity index is 2.10. The fraction of sp³-hybridized carbons (Fsp3) is 0.200. The zero-order valence-electron chi connectivity index (χ0n) is 10.7. The SMILES string of the molecule is CC1C=CC=C(Oc2cccc(OC(F)(F)F)c2)C=C1. The Kier molecular flexibility index (Phi) is 4.17. The van der Waals surface area contributed by atoms with Crippen molar-refractivity contribution in [2.75, 3.05) is 0 Å². The van der Waals surface area contributed by atoms with E-state index in [1.165, 1.54) is 18.2 Å². The van der Waals surface area contributed by atoms with Gasteiger partial charge in [-0.15, -0.1) is 13.2 Å². The van der Waals surface area contributed by atoms with Gasteiger partial charge in [-0.05, 0) is 30.2 Å². The standard InChI is InChI=1S/C15H13F3O2/c1-11-4-2-5-12(9-8-11)19-13-6-3-7-14(10-13)20-15(16,17)18/h2-11H,1H3. The molecule has 2 rings (SSSR count). The predicted octanol–water partition coefficient (Wildman–Crippen LogP) is 4.61. The molecule has 0 amide bonds. The first-order valence-corrected chi connectivity index (χ1v) is 6.03. The van der Waals surface area contributed by atoms with E-state index in [4.69, 9.17) is 4.74 Å². The average Bonchev–Trinajstić information content (AvgIpc) is 2.53. The van der Waals surface area contributed by atoms with Gasteiger partial charge in [0.1, 0.15) is 17.3 Å². The maximum absolute atomic E-state index is 12.1. The van der Waals surface area contributed by atoms with Crippen molar-refractivity contribution in [1.29, 1.82) is 0 Å². The lowest BCUT2D eigenvalue weighted by atomic mass is 10.2. The summed E-state index contributed by atoms with van der Waals surface area (Å²) in [5, 5.41) is 0. The second-order valence-electron chi connectivity index (χ2n) is 4.30. The molecule has 0 aromatic heterocycles.